The zero-order valence-corrected chi connectivity index (χ0v) is 15.8. The predicted octanol–water partition coefficient (Wildman–Crippen LogP) is 2.24. The second-order valence-electron chi connectivity index (χ2n) is 7.06. The van der Waals surface area contributed by atoms with Crippen molar-refractivity contribution in [3.05, 3.63) is 71.5 Å². The maximum absolute atomic E-state index is 8.93. The molecule has 1 fully saturated rings. The Hall–Kier alpha value is -3.08. The molecule has 0 bridgehead atoms. The van der Waals surface area contributed by atoms with Crippen molar-refractivity contribution in [2.24, 2.45) is 0 Å². The van der Waals surface area contributed by atoms with Gasteiger partial charge >= 0.3 is 0 Å². The van der Waals surface area contributed by atoms with E-state index in [9.17, 15) is 0 Å². The lowest BCUT2D eigenvalue weighted by Gasteiger charge is -2.21. The molecule has 0 unspecified atom stereocenters. The molecule has 142 valence electrons. The normalized spacial score (nSPS) is 15.8. The maximum atomic E-state index is 8.93. The van der Waals surface area contributed by atoms with Gasteiger partial charge in [0.05, 0.1) is 23.9 Å². The van der Waals surface area contributed by atoms with Crippen LogP contribution in [0.3, 0.4) is 0 Å². The van der Waals surface area contributed by atoms with Gasteiger partial charge in [-0.2, -0.15) is 9.94 Å². The second-order valence-corrected chi connectivity index (χ2v) is 7.06. The average Bonchev–Trinajstić information content (AvgIpc) is 3.09. The molecule has 7 nitrogen and oxygen atoms in total. The van der Waals surface area contributed by atoms with E-state index in [1.54, 1.807) is 0 Å². The second kappa shape index (κ2) is 8.74. The summed E-state index contributed by atoms with van der Waals surface area (Å²) >= 11 is 0. The standard InChI is InChI=1S/C21H23N7/c22-15-18-7-9-19(10-8-18)16-26-11-4-12-27(14-13-26)17-21-23-24-25-28(21)20-5-2-1-3-6-20/h1-3,5-10H,4,11-14,16-17H2. The molecule has 0 saturated carbocycles. The minimum atomic E-state index is 0.710. The lowest BCUT2D eigenvalue weighted by Crippen LogP contribution is -2.31. The summed E-state index contributed by atoms with van der Waals surface area (Å²) in [7, 11) is 0. The van der Waals surface area contributed by atoms with E-state index in [2.05, 4.69) is 43.5 Å². The first kappa shape index (κ1) is 18.3. The monoisotopic (exact) mass is 373 g/mol. The van der Waals surface area contributed by atoms with E-state index in [-0.39, 0.29) is 0 Å². The summed E-state index contributed by atoms with van der Waals surface area (Å²) in [6, 6.07) is 20.1. The fraction of sp³-hybridized carbons (Fsp3) is 0.333. The molecule has 7 heteroatoms. The molecule has 1 aromatic heterocycles. The van der Waals surface area contributed by atoms with E-state index in [4.69, 9.17) is 5.26 Å². The van der Waals surface area contributed by atoms with Gasteiger partial charge in [0.25, 0.3) is 0 Å². The molecule has 0 spiro atoms. The SMILES string of the molecule is N#Cc1ccc(CN2CCCN(Cc3nnnn3-c3ccccc3)CC2)cc1. The van der Waals surface area contributed by atoms with Crippen LogP contribution in [0.2, 0.25) is 0 Å². The molecule has 2 aromatic carbocycles. The number of benzene rings is 2. The highest BCUT2D eigenvalue weighted by Crippen LogP contribution is 2.13. The van der Waals surface area contributed by atoms with Crippen LogP contribution in [0.5, 0.6) is 0 Å². The van der Waals surface area contributed by atoms with Gasteiger partial charge in [-0.05, 0) is 59.8 Å². The van der Waals surface area contributed by atoms with Crippen molar-refractivity contribution in [3.8, 4) is 11.8 Å². The molecule has 0 aliphatic carbocycles. The Morgan fingerprint density at radius 1 is 0.857 bits per heavy atom. The minimum Gasteiger partial charge on any atom is -0.298 e. The van der Waals surface area contributed by atoms with Crippen LogP contribution in [0, 0.1) is 11.3 Å². The number of hydrogen-bond acceptors (Lipinski definition) is 6. The summed E-state index contributed by atoms with van der Waals surface area (Å²) < 4.78 is 1.82. The van der Waals surface area contributed by atoms with Crippen molar-refractivity contribution in [2.45, 2.75) is 19.5 Å². The molecular weight excluding hydrogens is 350 g/mol. The van der Waals surface area contributed by atoms with Gasteiger partial charge in [-0.25, -0.2) is 0 Å². The summed E-state index contributed by atoms with van der Waals surface area (Å²) in [6.45, 7) is 5.75. The number of nitrogens with zero attached hydrogens (tertiary/aromatic N) is 7. The van der Waals surface area contributed by atoms with E-state index >= 15 is 0 Å². The first-order chi connectivity index (χ1) is 13.8. The summed E-state index contributed by atoms with van der Waals surface area (Å²) in [4.78, 5) is 4.89. The van der Waals surface area contributed by atoms with Gasteiger partial charge in [0.1, 0.15) is 0 Å². The lowest BCUT2D eigenvalue weighted by atomic mass is 10.1. The number of hydrogen-bond donors (Lipinski definition) is 0. The molecule has 4 rings (SSSR count). The van der Waals surface area contributed by atoms with Crippen LogP contribution in [0.25, 0.3) is 5.69 Å². The summed E-state index contributed by atoms with van der Waals surface area (Å²) in [5.41, 5.74) is 2.95. The average molecular weight is 373 g/mol. The molecule has 3 aromatic rings. The highest BCUT2D eigenvalue weighted by molar-refractivity contribution is 5.32. The van der Waals surface area contributed by atoms with Crippen molar-refractivity contribution in [1.29, 1.82) is 5.26 Å². The largest absolute Gasteiger partial charge is 0.298 e. The van der Waals surface area contributed by atoms with E-state index in [1.165, 1.54) is 5.56 Å². The Bertz CT molecular complexity index is 927. The highest BCUT2D eigenvalue weighted by Gasteiger charge is 2.18. The lowest BCUT2D eigenvalue weighted by molar-refractivity contribution is 0.242. The molecule has 1 aliphatic heterocycles. The molecule has 1 saturated heterocycles. The van der Waals surface area contributed by atoms with Crippen LogP contribution < -0.4 is 0 Å². The fourth-order valence-corrected chi connectivity index (χ4v) is 3.56. The van der Waals surface area contributed by atoms with Crippen molar-refractivity contribution in [3.63, 3.8) is 0 Å². The Morgan fingerprint density at radius 2 is 1.57 bits per heavy atom. The van der Waals surface area contributed by atoms with Crippen molar-refractivity contribution in [2.75, 3.05) is 26.2 Å². The molecule has 0 amide bonds. The minimum absolute atomic E-state index is 0.710. The summed E-state index contributed by atoms with van der Waals surface area (Å²) in [5, 5.41) is 21.2. The van der Waals surface area contributed by atoms with Crippen LogP contribution in [0.4, 0.5) is 0 Å². The van der Waals surface area contributed by atoms with Gasteiger partial charge in [-0.1, -0.05) is 30.3 Å². The van der Waals surface area contributed by atoms with Gasteiger partial charge in [0.15, 0.2) is 5.82 Å². The Labute approximate surface area is 164 Å². The molecule has 0 radical (unpaired) electrons. The topological polar surface area (TPSA) is 73.9 Å². The Balaban J connectivity index is 1.36. The van der Waals surface area contributed by atoms with Crippen LogP contribution in [0.15, 0.2) is 54.6 Å². The number of tetrazole rings is 1. The third kappa shape index (κ3) is 4.42. The maximum Gasteiger partial charge on any atom is 0.170 e. The molecule has 1 aliphatic rings. The van der Waals surface area contributed by atoms with Gasteiger partial charge in [-0.15, -0.1) is 5.10 Å². The van der Waals surface area contributed by atoms with E-state index in [1.807, 2.05) is 47.1 Å². The van der Waals surface area contributed by atoms with Gasteiger partial charge in [0.2, 0.25) is 0 Å². The van der Waals surface area contributed by atoms with Crippen LogP contribution in [-0.2, 0) is 13.1 Å². The van der Waals surface area contributed by atoms with Crippen LogP contribution >= 0.6 is 0 Å². The Morgan fingerprint density at radius 3 is 2.29 bits per heavy atom. The molecular formula is C21H23N7. The highest BCUT2D eigenvalue weighted by atomic mass is 15.5. The summed E-state index contributed by atoms with van der Waals surface area (Å²) in [6.07, 6.45) is 1.11. The van der Waals surface area contributed by atoms with Crippen molar-refractivity contribution in [1.82, 2.24) is 30.0 Å². The van der Waals surface area contributed by atoms with Gasteiger partial charge in [-0.3, -0.25) is 9.80 Å². The van der Waals surface area contributed by atoms with E-state index in [0.29, 0.717) is 5.56 Å². The first-order valence-corrected chi connectivity index (χ1v) is 9.58. The van der Waals surface area contributed by atoms with E-state index in [0.717, 1.165) is 57.2 Å². The van der Waals surface area contributed by atoms with Crippen LogP contribution in [-0.4, -0.2) is 56.2 Å². The smallest absolute Gasteiger partial charge is 0.170 e. The molecule has 0 N–H and O–H groups in total. The zero-order valence-electron chi connectivity index (χ0n) is 15.8. The number of aromatic nitrogens is 4. The fourth-order valence-electron chi connectivity index (χ4n) is 3.56. The third-order valence-corrected chi connectivity index (χ3v) is 5.07. The predicted molar refractivity (Wildman–Crippen MR) is 105 cm³/mol. The summed E-state index contributed by atoms with van der Waals surface area (Å²) in [5.74, 6) is 0.867. The van der Waals surface area contributed by atoms with Crippen molar-refractivity contribution < 1.29 is 0 Å². The Kier molecular flexibility index (Phi) is 5.71. The quantitative estimate of drug-likeness (QED) is 0.683. The van der Waals surface area contributed by atoms with Crippen molar-refractivity contribution >= 4 is 0 Å². The first-order valence-electron chi connectivity index (χ1n) is 9.58. The molecule has 0 atom stereocenters. The van der Waals surface area contributed by atoms with Crippen LogP contribution in [0.1, 0.15) is 23.4 Å². The number of para-hydroxylation sites is 1. The molecule has 28 heavy (non-hydrogen) atoms. The third-order valence-electron chi connectivity index (χ3n) is 5.07. The van der Waals surface area contributed by atoms with Gasteiger partial charge in [0, 0.05) is 19.6 Å². The number of rotatable bonds is 5. The molecule has 2 heterocycles. The number of nitriles is 1. The van der Waals surface area contributed by atoms with Gasteiger partial charge < -0.3 is 0 Å². The zero-order chi connectivity index (χ0) is 19.2. The van der Waals surface area contributed by atoms with E-state index < -0.39 is 0 Å².